The van der Waals surface area contributed by atoms with Crippen molar-refractivity contribution in [2.45, 2.75) is 0 Å². The standard InChI is InChI=1S/C16H8Cl2O/c1-2-10-7-11-8-12(17)3-5-15(11)19-16-6-4-13(18)9-14(10)16/h1,3-9H. The van der Waals surface area contributed by atoms with Crippen LogP contribution in [0.4, 0.5) is 0 Å². The van der Waals surface area contributed by atoms with Gasteiger partial charge >= 0.3 is 0 Å². The molecule has 0 aliphatic carbocycles. The lowest BCUT2D eigenvalue weighted by Gasteiger charge is -2.09. The van der Waals surface area contributed by atoms with Crippen molar-refractivity contribution in [2.24, 2.45) is 0 Å². The summed E-state index contributed by atoms with van der Waals surface area (Å²) in [4.78, 5) is 0. The molecule has 0 spiro atoms. The first-order valence-electron chi connectivity index (χ1n) is 5.63. The highest BCUT2D eigenvalue weighted by Gasteiger charge is 2.16. The second kappa shape index (κ2) is 4.66. The molecular weight excluding hydrogens is 279 g/mol. The summed E-state index contributed by atoms with van der Waals surface area (Å²) in [5.41, 5.74) is 2.38. The number of fused-ring (bicyclic) bond motifs is 2. The predicted octanol–water partition coefficient (Wildman–Crippen LogP) is 5.27. The van der Waals surface area contributed by atoms with Crippen LogP contribution in [0.15, 0.2) is 36.4 Å². The molecule has 3 rings (SSSR count). The molecule has 0 N–H and O–H groups in total. The summed E-state index contributed by atoms with van der Waals surface area (Å²) in [6, 6.07) is 10.8. The highest BCUT2D eigenvalue weighted by molar-refractivity contribution is 6.31. The normalized spacial score (nSPS) is 12.4. The molecule has 0 atom stereocenters. The minimum atomic E-state index is 0.618. The van der Waals surface area contributed by atoms with Crippen LogP contribution in [0.2, 0.25) is 10.0 Å². The van der Waals surface area contributed by atoms with Crippen molar-refractivity contribution < 1.29 is 4.74 Å². The third kappa shape index (κ3) is 2.21. The Balaban J connectivity index is 2.28. The van der Waals surface area contributed by atoms with E-state index in [2.05, 4.69) is 5.92 Å². The van der Waals surface area contributed by atoms with Gasteiger partial charge in [0, 0.05) is 26.7 Å². The second-order valence-corrected chi connectivity index (χ2v) is 5.00. The molecule has 0 amide bonds. The number of hydrogen-bond donors (Lipinski definition) is 0. The van der Waals surface area contributed by atoms with Gasteiger partial charge < -0.3 is 4.74 Å². The fourth-order valence-electron chi connectivity index (χ4n) is 2.00. The van der Waals surface area contributed by atoms with Gasteiger partial charge in [0.25, 0.3) is 0 Å². The number of terminal acetylenes is 1. The average molecular weight is 287 g/mol. The molecule has 0 fully saturated rings. The van der Waals surface area contributed by atoms with Crippen LogP contribution >= 0.6 is 23.2 Å². The average Bonchev–Trinajstić information content (AvgIpc) is 2.54. The van der Waals surface area contributed by atoms with Crippen LogP contribution in [-0.4, -0.2) is 0 Å². The maximum absolute atomic E-state index is 6.02. The van der Waals surface area contributed by atoms with Crippen LogP contribution in [0.1, 0.15) is 11.1 Å². The van der Waals surface area contributed by atoms with E-state index in [4.69, 9.17) is 34.4 Å². The van der Waals surface area contributed by atoms with Crippen molar-refractivity contribution in [3.05, 3.63) is 57.6 Å². The molecule has 2 aromatic carbocycles. The lowest BCUT2D eigenvalue weighted by atomic mass is 10.0. The van der Waals surface area contributed by atoms with Crippen molar-refractivity contribution in [3.63, 3.8) is 0 Å². The summed E-state index contributed by atoms with van der Waals surface area (Å²) in [5.74, 6) is 4.08. The Morgan fingerprint density at radius 3 is 2.37 bits per heavy atom. The van der Waals surface area contributed by atoms with Crippen LogP contribution in [0.5, 0.6) is 11.5 Å². The van der Waals surface area contributed by atoms with Gasteiger partial charge in [-0.25, -0.2) is 0 Å². The fraction of sp³-hybridized carbons (Fsp3) is 0. The van der Waals surface area contributed by atoms with Gasteiger partial charge in [0.1, 0.15) is 11.5 Å². The number of allylic oxidation sites excluding steroid dienone is 1. The Hall–Kier alpha value is -1.88. The van der Waals surface area contributed by atoms with E-state index in [1.54, 1.807) is 18.2 Å². The van der Waals surface area contributed by atoms with E-state index >= 15 is 0 Å². The zero-order valence-corrected chi connectivity index (χ0v) is 11.3. The lowest BCUT2D eigenvalue weighted by molar-refractivity contribution is 0.481. The molecule has 0 saturated carbocycles. The first-order valence-corrected chi connectivity index (χ1v) is 6.38. The minimum Gasteiger partial charge on any atom is -0.456 e. The summed E-state index contributed by atoms with van der Waals surface area (Å²) in [7, 11) is 0. The van der Waals surface area contributed by atoms with Crippen LogP contribution < -0.4 is 4.74 Å². The number of halogens is 2. The molecule has 1 aliphatic heterocycles. The molecule has 0 saturated heterocycles. The summed E-state index contributed by atoms with van der Waals surface area (Å²) >= 11 is 12.0. The summed E-state index contributed by atoms with van der Waals surface area (Å²) < 4.78 is 5.88. The molecule has 19 heavy (non-hydrogen) atoms. The highest BCUT2D eigenvalue weighted by atomic mass is 35.5. The quantitative estimate of drug-likeness (QED) is 0.599. The monoisotopic (exact) mass is 286 g/mol. The highest BCUT2D eigenvalue weighted by Crippen LogP contribution is 2.39. The SMILES string of the molecule is C#CC1=Cc2cc(Cl)ccc2Oc2ccc(Cl)cc21. The molecule has 1 nitrogen and oxygen atoms in total. The number of benzene rings is 2. The van der Waals surface area contributed by atoms with Crippen molar-refractivity contribution in [2.75, 3.05) is 0 Å². The van der Waals surface area contributed by atoms with E-state index in [1.165, 1.54) is 0 Å². The van der Waals surface area contributed by atoms with Gasteiger partial charge in [-0.2, -0.15) is 0 Å². The van der Waals surface area contributed by atoms with Crippen LogP contribution in [0, 0.1) is 12.3 Å². The van der Waals surface area contributed by atoms with Gasteiger partial charge in [0.15, 0.2) is 0 Å². The third-order valence-corrected chi connectivity index (χ3v) is 3.35. The van der Waals surface area contributed by atoms with Gasteiger partial charge in [-0.15, -0.1) is 6.42 Å². The first-order chi connectivity index (χ1) is 9.17. The van der Waals surface area contributed by atoms with Crippen LogP contribution in [-0.2, 0) is 0 Å². The van der Waals surface area contributed by atoms with E-state index in [0.29, 0.717) is 15.8 Å². The van der Waals surface area contributed by atoms with Crippen LogP contribution in [0.25, 0.3) is 11.6 Å². The van der Waals surface area contributed by atoms with Gasteiger partial charge in [-0.3, -0.25) is 0 Å². The van der Waals surface area contributed by atoms with E-state index in [9.17, 15) is 0 Å². The zero-order chi connectivity index (χ0) is 13.4. The van der Waals surface area contributed by atoms with Crippen LogP contribution in [0.3, 0.4) is 0 Å². The van der Waals surface area contributed by atoms with Gasteiger partial charge in [0.2, 0.25) is 0 Å². The van der Waals surface area contributed by atoms with E-state index < -0.39 is 0 Å². The lowest BCUT2D eigenvalue weighted by Crippen LogP contribution is -1.88. The zero-order valence-electron chi connectivity index (χ0n) is 9.78. The van der Waals surface area contributed by atoms with Crippen molar-refractivity contribution in [3.8, 4) is 23.8 Å². The van der Waals surface area contributed by atoms with Gasteiger partial charge in [-0.1, -0.05) is 29.1 Å². The molecule has 1 heterocycles. The fourth-order valence-corrected chi connectivity index (χ4v) is 2.35. The third-order valence-electron chi connectivity index (χ3n) is 2.88. The molecular formula is C16H8Cl2O. The Bertz CT molecular complexity index is 739. The van der Waals surface area contributed by atoms with E-state index in [-0.39, 0.29) is 0 Å². The molecule has 0 aromatic heterocycles. The van der Waals surface area contributed by atoms with Gasteiger partial charge in [-0.05, 0) is 42.5 Å². The maximum Gasteiger partial charge on any atom is 0.136 e. The molecule has 0 radical (unpaired) electrons. The smallest absolute Gasteiger partial charge is 0.136 e. The largest absolute Gasteiger partial charge is 0.456 e. The van der Waals surface area contributed by atoms with Crippen molar-refractivity contribution >= 4 is 34.9 Å². The Morgan fingerprint density at radius 1 is 0.947 bits per heavy atom. The number of hydrogen-bond acceptors (Lipinski definition) is 1. The maximum atomic E-state index is 6.02. The Morgan fingerprint density at radius 2 is 1.63 bits per heavy atom. The summed E-state index contributed by atoms with van der Waals surface area (Å²) in [6.45, 7) is 0. The molecule has 2 aromatic rings. The Kier molecular flexibility index (Phi) is 2.98. The number of rotatable bonds is 0. The molecule has 0 bridgehead atoms. The molecule has 0 unspecified atom stereocenters. The van der Waals surface area contributed by atoms with E-state index in [0.717, 1.165) is 22.4 Å². The van der Waals surface area contributed by atoms with Crippen molar-refractivity contribution in [1.29, 1.82) is 0 Å². The Labute approximate surface area is 121 Å². The molecule has 3 heteroatoms. The topological polar surface area (TPSA) is 9.23 Å². The first kappa shape index (κ1) is 12.2. The van der Waals surface area contributed by atoms with Crippen molar-refractivity contribution in [1.82, 2.24) is 0 Å². The van der Waals surface area contributed by atoms with Gasteiger partial charge in [0.05, 0.1) is 0 Å². The van der Waals surface area contributed by atoms with E-state index in [1.807, 2.05) is 24.3 Å². The summed E-state index contributed by atoms with van der Waals surface area (Å²) in [6.07, 6.45) is 7.46. The minimum absolute atomic E-state index is 0.618. The number of ether oxygens (including phenoxy) is 1. The molecule has 92 valence electrons. The molecule has 1 aliphatic rings. The predicted molar refractivity (Wildman–Crippen MR) is 79.7 cm³/mol. The summed E-state index contributed by atoms with van der Waals surface area (Å²) in [5, 5.41) is 1.26. The second-order valence-electron chi connectivity index (χ2n) is 4.13.